The van der Waals surface area contributed by atoms with E-state index in [1.165, 1.54) is 72.8 Å². The Bertz CT molecular complexity index is 1720. The molecule has 0 aromatic heterocycles. The van der Waals surface area contributed by atoms with Crippen LogP contribution >= 0.6 is 15.9 Å². The molecular weight excluding hydrogens is 697 g/mol. The third-order valence-electron chi connectivity index (χ3n) is 7.62. The van der Waals surface area contributed by atoms with Gasteiger partial charge in [-0.1, -0.05) is 82.7 Å². The minimum Gasteiger partial charge on any atom is -0.459 e. The first kappa shape index (κ1) is 34.5. The summed E-state index contributed by atoms with van der Waals surface area (Å²) in [4.78, 5) is 52.8. The number of carbonyl (C=O) groups excluding carboxylic acids is 4. The average molecular weight is 726 g/mol. The van der Waals surface area contributed by atoms with Gasteiger partial charge in [-0.05, 0) is 48.5 Å². The second kappa shape index (κ2) is 15.4. The van der Waals surface area contributed by atoms with Crippen molar-refractivity contribution in [1.82, 2.24) is 0 Å². The molecular formula is C36H28BrF3O8. The van der Waals surface area contributed by atoms with Crippen molar-refractivity contribution < 1.29 is 51.3 Å². The first-order valence-electron chi connectivity index (χ1n) is 14.8. The second-order valence-corrected chi connectivity index (χ2v) is 11.8. The third kappa shape index (κ3) is 8.55. The number of esters is 3. The molecule has 1 heterocycles. The fourth-order valence-corrected chi connectivity index (χ4v) is 5.55. The van der Waals surface area contributed by atoms with Crippen molar-refractivity contribution in [2.45, 2.75) is 37.0 Å². The summed E-state index contributed by atoms with van der Waals surface area (Å²) in [5.74, 6) is -6.30. The lowest BCUT2D eigenvalue weighted by Gasteiger charge is -2.45. The molecule has 0 spiro atoms. The van der Waals surface area contributed by atoms with E-state index in [1.54, 1.807) is 42.5 Å². The third-order valence-corrected chi connectivity index (χ3v) is 8.15. The Morgan fingerprint density at radius 1 is 0.604 bits per heavy atom. The van der Waals surface area contributed by atoms with E-state index in [9.17, 15) is 19.2 Å². The van der Waals surface area contributed by atoms with Gasteiger partial charge in [0.2, 0.25) is 0 Å². The number of rotatable bonds is 10. The van der Waals surface area contributed by atoms with Gasteiger partial charge in [-0.15, -0.1) is 0 Å². The van der Waals surface area contributed by atoms with Crippen molar-refractivity contribution >= 4 is 39.6 Å². The molecule has 5 rings (SSSR count). The Kier molecular flexibility index (Phi) is 11.1. The van der Waals surface area contributed by atoms with Crippen molar-refractivity contribution in [3.8, 4) is 0 Å². The van der Waals surface area contributed by atoms with Crippen molar-refractivity contribution in [2.24, 2.45) is 5.92 Å². The molecule has 12 heteroatoms. The molecule has 4 aromatic carbocycles. The van der Waals surface area contributed by atoms with Crippen LogP contribution in [0.1, 0.15) is 47.9 Å². The van der Waals surface area contributed by atoms with Crippen LogP contribution in [0.25, 0.3) is 0 Å². The summed E-state index contributed by atoms with van der Waals surface area (Å²) in [5, 5.41) is 0. The zero-order chi connectivity index (χ0) is 34.3. The van der Waals surface area contributed by atoms with Crippen LogP contribution in [0.4, 0.5) is 13.2 Å². The van der Waals surface area contributed by atoms with Crippen molar-refractivity contribution in [1.29, 1.82) is 0 Å². The maximum absolute atomic E-state index is 15.1. The number of benzene rings is 4. The monoisotopic (exact) mass is 724 g/mol. The summed E-state index contributed by atoms with van der Waals surface area (Å²) in [5.41, 5.74) is 0.202. The lowest BCUT2D eigenvalue weighted by molar-refractivity contribution is -0.289. The van der Waals surface area contributed by atoms with Crippen molar-refractivity contribution in [3.63, 3.8) is 0 Å². The van der Waals surface area contributed by atoms with Gasteiger partial charge in [0.15, 0.2) is 18.0 Å². The Morgan fingerprint density at radius 3 is 1.54 bits per heavy atom. The van der Waals surface area contributed by atoms with Crippen molar-refractivity contribution in [2.75, 3.05) is 6.61 Å². The van der Waals surface area contributed by atoms with Crippen LogP contribution in [0.2, 0.25) is 0 Å². The van der Waals surface area contributed by atoms with E-state index in [1.807, 2.05) is 0 Å². The first-order valence-corrected chi connectivity index (χ1v) is 15.6. The molecule has 1 fully saturated rings. The largest absolute Gasteiger partial charge is 0.459 e. The quantitative estimate of drug-likeness (QED) is 0.0956. The van der Waals surface area contributed by atoms with E-state index in [2.05, 4.69) is 15.9 Å². The predicted molar refractivity (Wildman–Crippen MR) is 169 cm³/mol. The molecule has 0 radical (unpaired) electrons. The highest BCUT2D eigenvalue weighted by Gasteiger charge is 2.61. The molecule has 1 aliphatic heterocycles. The molecule has 4 aromatic rings. The van der Waals surface area contributed by atoms with Crippen molar-refractivity contribution in [3.05, 3.63) is 142 Å². The first-order chi connectivity index (χ1) is 23.0. The van der Waals surface area contributed by atoms with Crippen LogP contribution in [-0.2, 0) is 18.9 Å². The van der Waals surface area contributed by atoms with Crippen LogP contribution in [0.3, 0.4) is 0 Å². The number of ketones is 1. The summed E-state index contributed by atoms with van der Waals surface area (Å²) in [6.07, 6.45) is -13.5. The molecule has 5 unspecified atom stereocenters. The number of hydrogen-bond donors (Lipinski definition) is 0. The van der Waals surface area contributed by atoms with Crippen LogP contribution in [-0.4, -0.2) is 60.9 Å². The molecule has 0 amide bonds. The number of ether oxygens (including phenoxy) is 4. The molecule has 8 nitrogen and oxygen atoms in total. The lowest BCUT2D eigenvalue weighted by atomic mass is 9.83. The maximum atomic E-state index is 15.1. The summed E-state index contributed by atoms with van der Waals surface area (Å²) in [6.45, 7) is -0.701. The van der Waals surface area contributed by atoms with E-state index >= 15 is 13.2 Å². The van der Waals surface area contributed by atoms with E-state index in [-0.39, 0.29) is 22.3 Å². The molecule has 0 bridgehead atoms. The Morgan fingerprint density at radius 2 is 1.06 bits per heavy atom. The summed E-state index contributed by atoms with van der Waals surface area (Å²) >= 11 is 3.26. The van der Waals surface area contributed by atoms with E-state index in [0.29, 0.717) is 4.47 Å². The molecule has 48 heavy (non-hydrogen) atoms. The van der Waals surface area contributed by atoms with Gasteiger partial charge >= 0.3 is 24.1 Å². The normalized spacial score (nSPS) is 20.7. The predicted octanol–water partition coefficient (Wildman–Crippen LogP) is 7.28. The number of hydrogen-bond acceptors (Lipinski definition) is 8. The molecule has 5 atom stereocenters. The van der Waals surface area contributed by atoms with E-state index in [0.717, 1.165) is 0 Å². The molecule has 248 valence electrons. The standard InChI is InChI=1S/C36H28BrF3O8/c37-26-18-16-22(17-19-26)27(41)20-28-30(36(38,39)40)32(48-35(44)25-14-8-3-9-15-25)31(47-34(43)24-12-6-2-7-13-24)29(46-28)21-45-33(42)23-10-4-1-5-11-23/h1-19,28-32H,20-21H2. The summed E-state index contributed by atoms with van der Waals surface area (Å²) in [7, 11) is 0. The van der Waals surface area contributed by atoms with Gasteiger partial charge in [0.25, 0.3) is 0 Å². The fourth-order valence-electron chi connectivity index (χ4n) is 5.29. The number of Topliss-reactive ketones (excluding diaryl/α,β-unsaturated/α-hetero) is 1. The molecule has 0 N–H and O–H groups in total. The number of carbonyl (C=O) groups is 4. The van der Waals surface area contributed by atoms with Crippen LogP contribution in [0.5, 0.6) is 0 Å². The lowest BCUT2D eigenvalue weighted by Crippen LogP contribution is -2.62. The number of halogens is 4. The zero-order valence-corrected chi connectivity index (χ0v) is 26.6. The molecule has 0 saturated carbocycles. The highest BCUT2D eigenvalue weighted by Crippen LogP contribution is 2.43. The van der Waals surface area contributed by atoms with E-state index < -0.39 is 73.2 Å². The van der Waals surface area contributed by atoms with Crippen LogP contribution in [0, 0.1) is 5.92 Å². The SMILES string of the molecule is O=C(CC1OC(COC(=O)c2ccccc2)C(OC(=O)c2ccccc2)C(OC(=O)c2ccccc2)C1C(F)(F)F)c1ccc(Br)cc1. The van der Waals surface area contributed by atoms with Gasteiger partial charge in [-0.3, -0.25) is 4.79 Å². The van der Waals surface area contributed by atoms with Crippen LogP contribution < -0.4 is 0 Å². The van der Waals surface area contributed by atoms with Gasteiger partial charge in [-0.25, -0.2) is 14.4 Å². The highest BCUT2D eigenvalue weighted by atomic mass is 79.9. The molecule has 1 aliphatic rings. The Hall–Kier alpha value is -4.81. The molecule has 0 aliphatic carbocycles. The van der Waals surface area contributed by atoms with Gasteiger partial charge in [0, 0.05) is 16.5 Å². The topological polar surface area (TPSA) is 105 Å². The maximum Gasteiger partial charge on any atom is 0.398 e. The minimum atomic E-state index is -5.12. The van der Waals surface area contributed by atoms with E-state index in [4.69, 9.17) is 18.9 Å². The summed E-state index contributed by atoms with van der Waals surface area (Å²) in [6, 6.07) is 28.6. The zero-order valence-electron chi connectivity index (χ0n) is 25.0. The fraction of sp³-hybridized carbons (Fsp3) is 0.222. The average Bonchev–Trinajstić information content (AvgIpc) is 3.09. The van der Waals surface area contributed by atoms with Crippen LogP contribution in [0.15, 0.2) is 120 Å². The van der Waals surface area contributed by atoms with Gasteiger partial charge in [-0.2, -0.15) is 13.2 Å². The van der Waals surface area contributed by atoms with Gasteiger partial charge < -0.3 is 18.9 Å². The minimum absolute atomic E-state index is 0.00163. The Balaban J connectivity index is 1.55. The second-order valence-electron chi connectivity index (χ2n) is 10.9. The number of alkyl halides is 3. The highest BCUT2D eigenvalue weighted by molar-refractivity contribution is 9.10. The molecule has 1 saturated heterocycles. The van der Waals surface area contributed by atoms with Gasteiger partial charge in [0.05, 0.1) is 22.8 Å². The smallest absolute Gasteiger partial charge is 0.398 e. The summed E-state index contributed by atoms with van der Waals surface area (Å²) < 4.78 is 68.4. The Labute approximate surface area is 281 Å². The van der Waals surface area contributed by atoms with Gasteiger partial charge in [0.1, 0.15) is 18.6 Å².